The summed E-state index contributed by atoms with van der Waals surface area (Å²) in [5.74, 6) is -0.163. The molecule has 0 saturated heterocycles. The number of fused-ring (bicyclic) bond motifs is 1. The molecule has 3 aromatic rings. The van der Waals surface area contributed by atoms with Gasteiger partial charge in [-0.25, -0.2) is 0 Å². The number of carbonyl (C=O) groups excluding carboxylic acids is 2. The van der Waals surface area contributed by atoms with E-state index in [-0.39, 0.29) is 11.0 Å². The lowest BCUT2D eigenvalue weighted by Gasteiger charge is -2.10. The van der Waals surface area contributed by atoms with E-state index in [0.29, 0.717) is 21.2 Å². The van der Waals surface area contributed by atoms with Gasteiger partial charge in [-0.1, -0.05) is 29.3 Å². The average Bonchev–Trinajstić information content (AvgIpc) is 3.02. The number of benzene rings is 2. The molecular weight excluding hydrogens is 418 g/mol. The van der Waals surface area contributed by atoms with E-state index in [9.17, 15) is 9.59 Å². The Hall–Kier alpha value is -2.68. The molecule has 0 aliphatic heterocycles. The number of hydrazine groups is 1. The normalized spacial score (nSPS) is 10.4. The molecule has 0 saturated carbocycles. The number of hydrogen-bond acceptors (Lipinski definition) is 5. The summed E-state index contributed by atoms with van der Waals surface area (Å²) in [4.78, 5) is 24.9. The number of aryl methyl sites for hydroxylation is 1. The Morgan fingerprint density at radius 1 is 1.07 bits per heavy atom. The lowest BCUT2D eigenvalue weighted by molar-refractivity contribution is 0.0935. The molecule has 0 aliphatic carbocycles. The lowest BCUT2D eigenvalue weighted by Crippen LogP contribution is -2.48. The maximum Gasteiger partial charge on any atom is 0.269 e. The van der Waals surface area contributed by atoms with Crippen LogP contribution in [-0.4, -0.2) is 24.0 Å². The Labute approximate surface area is 175 Å². The summed E-state index contributed by atoms with van der Waals surface area (Å²) >= 11 is 12.6. The Morgan fingerprint density at radius 2 is 1.79 bits per heavy atom. The van der Waals surface area contributed by atoms with Crippen LogP contribution in [0.2, 0.25) is 5.02 Å². The predicted octanol–water partition coefficient (Wildman–Crippen LogP) is 3.82. The number of thiophene rings is 1. The predicted molar refractivity (Wildman–Crippen MR) is 115 cm³/mol. The molecule has 144 valence electrons. The number of nitrogens with one attached hydrogen (secondary N) is 3. The van der Waals surface area contributed by atoms with Crippen LogP contribution in [-0.2, 0) is 0 Å². The van der Waals surface area contributed by atoms with Gasteiger partial charge in [0.1, 0.15) is 10.6 Å². The maximum absolute atomic E-state index is 12.5. The first-order chi connectivity index (χ1) is 13.4. The van der Waals surface area contributed by atoms with Crippen molar-refractivity contribution in [3.8, 4) is 5.75 Å². The second-order valence-electron chi connectivity index (χ2n) is 5.84. The number of halogens is 1. The molecule has 9 heteroatoms. The van der Waals surface area contributed by atoms with Gasteiger partial charge < -0.3 is 4.74 Å². The van der Waals surface area contributed by atoms with Gasteiger partial charge in [-0.3, -0.25) is 25.8 Å². The van der Waals surface area contributed by atoms with Gasteiger partial charge in [-0.2, -0.15) is 0 Å². The molecule has 6 nitrogen and oxygen atoms in total. The minimum absolute atomic E-state index is 0.0448. The first-order valence-electron chi connectivity index (χ1n) is 8.13. The van der Waals surface area contributed by atoms with Gasteiger partial charge in [0.2, 0.25) is 0 Å². The van der Waals surface area contributed by atoms with Crippen LogP contribution < -0.4 is 20.9 Å². The molecule has 2 amide bonds. The lowest BCUT2D eigenvalue weighted by atomic mass is 10.1. The van der Waals surface area contributed by atoms with Crippen molar-refractivity contribution in [2.24, 2.45) is 0 Å². The van der Waals surface area contributed by atoms with Crippen LogP contribution in [0.1, 0.15) is 25.6 Å². The number of hydrogen-bond donors (Lipinski definition) is 3. The van der Waals surface area contributed by atoms with Crippen molar-refractivity contribution in [3.63, 3.8) is 0 Å². The zero-order valence-electron chi connectivity index (χ0n) is 15.0. The average molecular weight is 434 g/mol. The first-order valence-corrected chi connectivity index (χ1v) is 9.73. The third-order valence-corrected chi connectivity index (χ3v) is 5.73. The van der Waals surface area contributed by atoms with Gasteiger partial charge in [-0.05, 0) is 49.5 Å². The molecular formula is C19H16ClN3O3S2. The monoisotopic (exact) mass is 433 g/mol. The Balaban J connectivity index is 1.63. The standard InChI is InChI=1S/C19H16ClN3O3S2/c1-10-3-5-11(6-4-10)17(24)22-23-19(27)21-18(25)16-15(20)13-8-7-12(26-2)9-14(13)28-16/h3-9H,1-2H3,(H,22,24)(H2,21,23,25,27). The fourth-order valence-corrected chi connectivity index (χ4v) is 3.98. The van der Waals surface area contributed by atoms with Crippen molar-refractivity contribution >= 4 is 62.2 Å². The Kier molecular flexibility index (Phi) is 6.13. The topological polar surface area (TPSA) is 79.5 Å². The van der Waals surface area contributed by atoms with Crippen LogP contribution in [0, 0.1) is 6.92 Å². The van der Waals surface area contributed by atoms with E-state index in [1.165, 1.54) is 11.3 Å². The number of amides is 2. The summed E-state index contributed by atoms with van der Waals surface area (Å²) in [6, 6.07) is 12.4. The SMILES string of the molecule is COc1ccc2c(Cl)c(C(=O)NC(=S)NNC(=O)c3ccc(C)cc3)sc2c1. The summed E-state index contributed by atoms with van der Waals surface area (Å²) in [6.45, 7) is 1.93. The largest absolute Gasteiger partial charge is 0.497 e. The van der Waals surface area contributed by atoms with E-state index in [1.54, 1.807) is 37.4 Å². The molecule has 0 fully saturated rings. The molecule has 3 rings (SSSR count). The highest BCUT2D eigenvalue weighted by Gasteiger charge is 2.18. The summed E-state index contributed by atoms with van der Waals surface area (Å²) in [5, 5.41) is 3.55. The fourth-order valence-electron chi connectivity index (χ4n) is 2.40. The number of carbonyl (C=O) groups is 2. The van der Waals surface area contributed by atoms with Crippen LogP contribution in [0.3, 0.4) is 0 Å². The van der Waals surface area contributed by atoms with Crippen molar-refractivity contribution in [3.05, 3.63) is 63.5 Å². The van der Waals surface area contributed by atoms with Crippen molar-refractivity contribution in [1.82, 2.24) is 16.2 Å². The fraction of sp³-hybridized carbons (Fsp3) is 0.105. The third kappa shape index (κ3) is 4.41. The zero-order valence-corrected chi connectivity index (χ0v) is 17.3. The second kappa shape index (κ2) is 8.55. The molecule has 2 aromatic carbocycles. The summed E-state index contributed by atoms with van der Waals surface area (Å²) in [5.41, 5.74) is 6.46. The van der Waals surface area contributed by atoms with Crippen molar-refractivity contribution in [2.75, 3.05) is 7.11 Å². The van der Waals surface area contributed by atoms with E-state index >= 15 is 0 Å². The van der Waals surface area contributed by atoms with Crippen LogP contribution in [0.5, 0.6) is 5.75 Å². The summed E-state index contributed by atoms with van der Waals surface area (Å²) in [7, 11) is 1.57. The van der Waals surface area contributed by atoms with Gasteiger partial charge in [0.15, 0.2) is 5.11 Å². The molecule has 0 radical (unpaired) electrons. The van der Waals surface area contributed by atoms with E-state index in [2.05, 4.69) is 16.2 Å². The van der Waals surface area contributed by atoms with Crippen LogP contribution in [0.15, 0.2) is 42.5 Å². The molecule has 1 aromatic heterocycles. The van der Waals surface area contributed by atoms with Gasteiger partial charge in [0.25, 0.3) is 11.8 Å². The molecule has 28 heavy (non-hydrogen) atoms. The molecule has 1 heterocycles. The molecule has 0 aliphatic rings. The van der Waals surface area contributed by atoms with Crippen molar-refractivity contribution in [2.45, 2.75) is 6.92 Å². The number of ether oxygens (including phenoxy) is 1. The molecule has 0 unspecified atom stereocenters. The number of rotatable bonds is 3. The van der Waals surface area contributed by atoms with Crippen molar-refractivity contribution < 1.29 is 14.3 Å². The number of methoxy groups -OCH3 is 1. The van der Waals surface area contributed by atoms with E-state index < -0.39 is 5.91 Å². The molecule has 3 N–H and O–H groups in total. The number of thiocarbonyl (C=S) groups is 1. The minimum atomic E-state index is -0.466. The highest BCUT2D eigenvalue weighted by molar-refractivity contribution is 7.80. The van der Waals surface area contributed by atoms with Crippen LogP contribution in [0.25, 0.3) is 10.1 Å². The van der Waals surface area contributed by atoms with Gasteiger partial charge >= 0.3 is 0 Å². The summed E-state index contributed by atoms with van der Waals surface area (Å²) in [6.07, 6.45) is 0. The van der Waals surface area contributed by atoms with Crippen LogP contribution >= 0.6 is 35.2 Å². The minimum Gasteiger partial charge on any atom is -0.497 e. The highest BCUT2D eigenvalue weighted by atomic mass is 35.5. The van der Waals surface area contributed by atoms with E-state index in [1.807, 2.05) is 19.1 Å². The second-order valence-corrected chi connectivity index (χ2v) is 7.67. The molecule has 0 bridgehead atoms. The van der Waals surface area contributed by atoms with Gasteiger partial charge in [0.05, 0.1) is 12.1 Å². The third-order valence-electron chi connectivity index (χ3n) is 3.87. The molecule has 0 spiro atoms. The Bertz CT molecular complexity index is 1060. The van der Waals surface area contributed by atoms with Gasteiger partial charge in [0, 0.05) is 15.6 Å². The van der Waals surface area contributed by atoms with Crippen LogP contribution in [0.4, 0.5) is 0 Å². The van der Waals surface area contributed by atoms with Crippen molar-refractivity contribution in [1.29, 1.82) is 0 Å². The Morgan fingerprint density at radius 3 is 2.46 bits per heavy atom. The smallest absolute Gasteiger partial charge is 0.269 e. The highest BCUT2D eigenvalue weighted by Crippen LogP contribution is 2.37. The van der Waals surface area contributed by atoms with E-state index in [0.717, 1.165) is 15.6 Å². The zero-order chi connectivity index (χ0) is 20.3. The summed E-state index contributed by atoms with van der Waals surface area (Å²) < 4.78 is 6.01. The molecule has 0 atom stereocenters. The van der Waals surface area contributed by atoms with Gasteiger partial charge in [-0.15, -0.1) is 11.3 Å². The first kappa shape index (κ1) is 20.1. The maximum atomic E-state index is 12.5. The van der Waals surface area contributed by atoms with E-state index in [4.69, 9.17) is 28.6 Å². The quantitative estimate of drug-likeness (QED) is 0.432.